The van der Waals surface area contributed by atoms with Crippen LogP contribution in [0.4, 0.5) is 4.79 Å². The highest BCUT2D eigenvalue weighted by atomic mass is 16.6. The molecule has 186 valence electrons. The van der Waals surface area contributed by atoms with E-state index >= 15 is 0 Å². The van der Waals surface area contributed by atoms with Crippen molar-refractivity contribution in [3.05, 3.63) is 71.3 Å². The van der Waals surface area contributed by atoms with Crippen LogP contribution in [0.15, 0.2) is 54.6 Å². The number of fused-ring (bicyclic) bond motifs is 1. The van der Waals surface area contributed by atoms with E-state index in [-0.39, 0.29) is 30.4 Å². The van der Waals surface area contributed by atoms with Gasteiger partial charge in [-0.2, -0.15) is 0 Å². The van der Waals surface area contributed by atoms with Crippen molar-refractivity contribution in [2.45, 2.75) is 76.7 Å². The molecule has 1 saturated heterocycles. The van der Waals surface area contributed by atoms with Crippen LogP contribution in [0.1, 0.15) is 62.8 Å². The van der Waals surface area contributed by atoms with Crippen molar-refractivity contribution in [3.8, 4) is 0 Å². The molecule has 2 aliphatic heterocycles. The molecule has 0 N–H and O–H groups in total. The van der Waals surface area contributed by atoms with Gasteiger partial charge in [0.2, 0.25) is 5.91 Å². The number of esters is 1. The molecule has 2 aromatic rings. The first-order valence-electron chi connectivity index (χ1n) is 12.2. The van der Waals surface area contributed by atoms with Crippen molar-refractivity contribution in [2.24, 2.45) is 0 Å². The van der Waals surface area contributed by atoms with Crippen LogP contribution >= 0.6 is 0 Å². The highest BCUT2D eigenvalue weighted by Gasteiger charge is 2.46. The summed E-state index contributed by atoms with van der Waals surface area (Å²) in [6, 6.07) is 16.5. The fraction of sp³-hybridized carbons (Fsp3) is 0.464. The molecular formula is C28H34N2O5. The number of hydrogen-bond acceptors (Lipinski definition) is 5. The van der Waals surface area contributed by atoms with Gasteiger partial charge in [0, 0.05) is 12.6 Å². The van der Waals surface area contributed by atoms with Gasteiger partial charge in [-0.15, -0.1) is 0 Å². The van der Waals surface area contributed by atoms with Gasteiger partial charge in [0.1, 0.15) is 11.6 Å². The molecule has 0 radical (unpaired) electrons. The highest BCUT2D eigenvalue weighted by Crippen LogP contribution is 2.39. The smallest absolute Gasteiger partial charge is 0.411 e. The van der Waals surface area contributed by atoms with Gasteiger partial charge in [-0.25, -0.2) is 4.79 Å². The van der Waals surface area contributed by atoms with E-state index in [1.54, 1.807) is 9.80 Å². The summed E-state index contributed by atoms with van der Waals surface area (Å²) in [5.41, 5.74) is 2.47. The topological polar surface area (TPSA) is 76.2 Å². The molecule has 2 aliphatic rings. The lowest BCUT2D eigenvalue weighted by atomic mass is 9.91. The largest absolute Gasteiger partial charge is 0.469 e. The summed E-state index contributed by atoms with van der Waals surface area (Å²) < 4.78 is 10.7. The molecule has 2 amide bonds. The van der Waals surface area contributed by atoms with Gasteiger partial charge in [-0.1, -0.05) is 54.6 Å². The van der Waals surface area contributed by atoms with E-state index in [4.69, 9.17) is 9.47 Å². The van der Waals surface area contributed by atoms with Gasteiger partial charge in [0.05, 0.1) is 19.6 Å². The Morgan fingerprint density at radius 3 is 2.26 bits per heavy atom. The number of ether oxygens (including phenoxy) is 2. The predicted molar refractivity (Wildman–Crippen MR) is 131 cm³/mol. The van der Waals surface area contributed by atoms with Crippen molar-refractivity contribution in [2.75, 3.05) is 7.11 Å². The zero-order valence-electron chi connectivity index (χ0n) is 20.9. The van der Waals surface area contributed by atoms with Crippen molar-refractivity contribution >= 4 is 18.0 Å². The first kappa shape index (κ1) is 24.8. The molecule has 2 aromatic carbocycles. The minimum Gasteiger partial charge on any atom is -0.469 e. The second-order valence-corrected chi connectivity index (χ2v) is 10.3. The normalized spacial score (nSPS) is 21.9. The number of hydrogen-bond donors (Lipinski definition) is 0. The fourth-order valence-electron chi connectivity index (χ4n) is 5.12. The van der Waals surface area contributed by atoms with E-state index < -0.39 is 17.7 Å². The highest BCUT2D eigenvalue weighted by molar-refractivity contribution is 5.87. The monoisotopic (exact) mass is 478 g/mol. The molecule has 7 heteroatoms. The number of amides is 2. The summed E-state index contributed by atoms with van der Waals surface area (Å²) >= 11 is 0. The first-order valence-corrected chi connectivity index (χ1v) is 12.2. The summed E-state index contributed by atoms with van der Waals surface area (Å²) in [5, 5.41) is 0. The molecule has 7 nitrogen and oxygen atoms in total. The van der Waals surface area contributed by atoms with E-state index in [9.17, 15) is 14.4 Å². The third-order valence-electron chi connectivity index (χ3n) is 6.73. The molecule has 1 fully saturated rings. The van der Waals surface area contributed by atoms with Gasteiger partial charge in [-0.3, -0.25) is 14.5 Å². The maximum absolute atomic E-state index is 14.1. The van der Waals surface area contributed by atoms with Crippen LogP contribution in [0.25, 0.3) is 0 Å². The lowest BCUT2D eigenvalue weighted by Gasteiger charge is -2.40. The summed E-state index contributed by atoms with van der Waals surface area (Å²) in [5.74, 6) is -0.512. The van der Waals surface area contributed by atoms with Crippen LogP contribution in [-0.4, -0.2) is 52.6 Å². The van der Waals surface area contributed by atoms with E-state index in [0.29, 0.717) is 25.8 Å². The van der Waals surface area contributed by atoms with Crippen molar-refractivity contribution in [1.29, 1.82) is 0 Å². The summed E-state index contributed by atoms with van der Waals surface area (Å²) in [4.78, 5) is 43.0. The number of likely N-dealkylation sites (tertiary alicyclic amines) is 1. The standard InChI is InChI=1S/C28H34N2O5/c1-28(2,3)35-27(33)30-23(19-10-6-5-7-11-19)14-15-24(30)26(32)29-18-21-13-9-8-12-20(21)16-22(29)17-25(31)34-4/h5-13,22-24H,14-18H2,1-4H3/t22-,23+,24-/m1/s1. The van der Waals surface area contributed by atoms with Crippen LogP contribution in [-0.2, 0) is 32.0 Å². The van der Waals surface area contributed by atoms with Gasteiger partial charge in [-0.05, 0) is 56.7 Å². The van der Waals surface area contributed by atoms with E-state index in [0.717, 1.165) is 16.7 Å². The summed E-state index contributed by atoms with van der Waals surface area (Å²) in [7, 11) is 1.36. The third-order valence-corrected chi connectivity index (χ3v) is 6.73. The molecule has 0 saturated carbocycles. The number of carbonyl (C=O) groups is 3. The number of methoxy groups -OCH3 is 1. The average Bonchev–Trinajstić information content (AvgIpc) is 3.28. The zero-order valence-corrected chi connectivity index (χ0v) is 20.9. The Labute approximate surface area is 207 Å². The van der Waals surface area contributed by atoms with Gasteiger partial charge in [0.25, 0.3) is 0 Å². The second-order valence-electron chi connectivity index (χ2n) is 10.3. The Balaban J connectivity index is 1.66. The van der Waals surface area contributed by atoms with Crippen molar-refractivity contribution in [1.82, 2.24) is 9.80 Å². The van der Waals surface area contributed by atoms with E-state index in [1.807, 2.05) is 75.4 Å². The molecule has 0 bridgehead atoms. The quantitative estimate of drug-likeness (QED) is 0.598. The maximum atomic E-state index is 14.1. The van der Waals surface area contributed by atoms with Gasteiger partial charge < -0.3 is 14.4 Å². The Morgan fingerprint density at radius 1 is 0.943 bits per heavy atom. The molecule has 35 heavy (non-hydrogen) atoms. The van der Waals surface area contributed by atoms with E-state index in [1.165, 1.54) is 7.11 Å². The summed E-state index contributed by atoms with van der Waals surface area (Å²) in [6.45, 7) is 5.86. The molecular weight excluding hydrogens is 444 g/mol. The Kier molecular flexibility index (Phi) is 7.15. The predicted octanol–water partition coefficient (Wildman–Crippen LogP) is 4.64. The summed E-state index contributed by atoms with van der Waals surface area (Å²) in [6.07, 6.45) is 1.37. The third kappa shape index (κ3) is 5.50. The molecule has 2 heterocycles. The van der Waals surface area contributed by atoms with Crippen LogP contribution in [0.5, 0.6) is 0 Å². The molecule has 0 aliphatic carbocycles. The lowest BCUT2D eigenvalue weighted by Crippen LogP contribution is -2.54. The number of nitrogens with zero attached hydrogens (tertiary/aromatic N) is 2. The van der Waals surface area contributed by atoms with Crippen molar-refractivity contribution < 1.29 is 23.9 Å². The van der Waals surface area contributed by atoms with Gasteiger partial charge in [0.15, 0.2) is 0 Å². The minimum atomic E-state index is -0.688. The zero-order chi connectivity index (χ0) is 25.2. The minimum absolute atomic E-state index is 0.109. The van der Waals surface area contributed by atoms with Crippen LogP contribution in [0.2, 0.25) is 0 Å². The average molecular weight is 479 g/mol. The second kappa shape index (κ2) is 10.1. The van der Waals surface area contributed by atoms with Crippen LogP contribution in [0, 0.1) is 0 Å². The molecule has 0 unspecified atom stereocenters. The SMILES string of the molecule is COC(=O)C[C@H]1Cc2ccccc2CN1C(=O)[C@H]1CC[C@@H](c2ccccc2)N1C(=O)OC(C)(C)C. The molecule has 0 aromatic heterocycles. The van der Waals surface area contributed by atoms with Gasteiger partial charge >= 0.3 is 12.1 Å². The molecule has 3 atom stereocenters. The Bertz CT molecular complexity index is 1080. The fourth-order valence-corrected chi connectivity index (χ4v) is 5.12. The number of benzene rings is 2. The Morgan fingerprint density at radius 2 is 1.60 bits per heavy atom. The van der Waals surface area contributed by atoms with Crippen LogP contribution in [0.3, 0.4) is 0 Å². The van der Waals surface area contributed by atoms with Crippen molar-refractivity contribution in [3.63, 3.8) is 0 Å². The van der Waals surface area contributed by atoms with E-state index in [2.05, 4.69) is 0 Å². The maximum Gasteiger partial charge on any atom is 0.411 e. The Hall–Kier alpha value is -3.35. The number of rotatable bonds is 4. The molecule has 4 rings (SSSR count). The molecule has 0 spiro atoms. The first-order chi connectivity index (χ1) is 16.7. The number of carbonyl (C=O) groups excluding carboxylic acids is 3. The lowest BCUT2D eigenvalue weighted by molar-refractivity contribution is -0.146. The van der Waals surface area contributed by atoms with Crippen LogP contribution < -0.4 is 0 Å².